The lowest BCUT2D eigenvalue weighted by Crippen LogP contribution is -2.35. The van der Waals surface area contributed by atoms with E-state index in [-0.39, 0.29) is 24.7 Å². The molecule has 1 aromatic heterocycles. The van der Waals surface area contributed by atoms with Gasteiger partial charge in [0.15, 0.2) is 0 Å². The molecule has 3 rings (SSSR count). The van der Waals surface area contributed by atoms with E-state index in [1.165, 1.54) is 21.9 Å². The zero-order valence-corrected chi connectivity index (χ0v) is 16.1. The number of aromatic nitrogens is 1. The first-order valence-electron chi connectivity index (χ1n) is 9.26. The molecular weight excluding hydrogens is 376 g/mol. The Morgan fingerprint density at radius 3 is 2.17 bits per heavy atom. The first-order chi connectivity index (χ1) is 13.7. The standard InChI is InChI=1S/C21H22N2O6/c1-12(2)22-10-16(18(24)17(11-22)21(28)29)19(25)23-8-14(15(9-23)20(26)27)13-6-4-3-5-7-13/h3-7,10-12,14-15H,8-9H2,1-2H3,(H,26,27)(H,28,29)/t14-,15+/m1/s1. The quantitative estimate of drug-likeness (QED) is 0.796. The molecule has 152 valence electrons. The molecule has 1 fully saturated rings. The second-order valence-electron chi connectivity index (χ2n) is 7.43. The highest BCUT2D eigenvalue weighted by molar-refractivity contribution is 5.97. The van der Waals surface area contributed by atoms with Crippen LogP contribution in [0.3, 0.4) is 0 Å². The number of carboxylic acids is 2. The van der Waals surface area contributed by atoms with Crippen LogP contribution in [0.25, 0.3) is 0 Å². The van der Waals surface area contributed by atoms with Crippen LogP contribution >= 0.6 is 0 Å². The number of carbonyl (C=O) groups excluding carboxylic acids is 1. The maximum atomic E-state index is 13.1. The molecule has 1 aliphatic rings. The molecule has 0 bridgehead atoms. The molecule has 0 unspecified atom stereocenters. The zero-order chi connectivity index (χ0) is 21.3. The number of carbonyl (C=O) groups is 3. The number of aromatic carboxylic acids is 1. The van der Waals surface area contributed by atoms with Crippen molar-refractivity contribution in [2.75, 3.05) is 13.1 Å². The lowest BCUT2D eigenvalue weighted by atomic mass is 9.89. The maximum Gasteiger partial charge on any atom is 0.341 e. The fourth-order valence-corrected chi connectivity index (χ4v) is 3.63. The van der Waals surface area contributed by atoms with Gasteiger partial charge in [-0.25, -0.2) is 4.79 Å². The van der Waals surface area contributed by atoms with Crippen molar-refractivity contribution in [3.05, 3.63) is 69.6 Å². The largest absolute Gasteiger partial charge is 0.481 e. The first-order valence-corrected chi connectivity index (χ1v) is 9.26. The fourth-order valence-electron chi connectivity index (χ4n) is 3.63. The van der Waals surface area contributed by atoms with Crippen LogP contribution in [0, 0.1) is 5.92 Å². The summed E-state index contributed by atoms with van der Waals surface area (Å²) >= 11 is 0. The normalized spacial score (nSPS) is 18.8. The SMILES string of the molecule is CC(C)n1cc(C(=O)O)c(=O)c(C(=O)N2C[C@H](C(=O)O)[C@@H](c3ccccc3)C2)c1. The molecule has 0 spiro atoms. The Balaban J connectivity index is 2.00. The number of hydrogen-bond donors (Lipinski definition) is 2. The molecule has 0 saturated carbocycles. The molecule has 0 aliphatic carbocycles. The monoisotopic (exact) mass is 398 g/mol. The van der Waals surface area contributed by atoms with Gasteiger partial charge in [0.1, 0.15) is 11.1 Å². The summed E-state index contributed by atoms with van der Waals surface area (Å²) in [6, 6.07) is 8.88. The van der Waals surface area contributed by atoms with Crippen LogP contribution in [0.4, 0.5) is 0 Å². The van der Waals surface area contributed by atoms with Crippen molar-refractivity contribution in [3.63, 3.8) is 0 Å². The number of carboxylic acid groups (broad SMARTS) is 2. The predicted octanol–water partition coefficient (Wildman–Crippen LogP) is 2.07. The molecule has 1 aliphatic heterocycles. The minimum Gasteiger partial charge on any atom is -0.481 e. The summed E-state index contributed by atoms with van der Waals surface area (Å²) in [5.41, 5.74) is -0.821. The number of hydrogen-bond acceptors (Lipinski definition) is 4. The number of aliphatic carboxylic acids is 1. The van der Waals surface area contributed by atoms with Crippen LogP contribution in [0.5, 0.6) is 0 Å². The Bertz CT molecular complexity index is 1010. The van der Waals surface area contributed by atoms with E-state index >= 15 is 0 Å². The smallest absolute Gasteiger partial charge is 0.341 e. The number of pyridine rings is 1. The molecular formula is C21H22N2O6. The Labute approximate surface area is 167 Å². The zero-order valence-electron chi connectivity index (χ0n) is 16.1. The Morgan fingerprint density at radius 2 is 1.62 bits per heavy atom. The molecule has 8 nitrogen and oxygen atoms in total. The van der Waals surface area contributed by atoms with Gasteiger partial charge in [0, 0.05) is 37.4 Å². The van der Waals surface area contributed by atoms with Crippen molar-refractivity contribution in [2.24, 2.45) is 5.92 Å². The van der Waals surface area contributed by atoms with Crippen LogP contribution in [0.1, 0.15) is 52.1 Å². The summed E-state index contributed by atoms with van der Waals surface area (Å²) in [6.07, 6.45) is 2.55. The molecule has 1 saturated heterocycles. The third kappa shape index (κ3) is 3.91. The van der Waals surface area contributed by atoms with Gasteiger partial charge in [-0.2, -0.15) is 0 Å². The average Bonchev–Trinajstić information content (AvgIpc) is 3.13. The van der Waals surface area contributed by atoms with E-state index in [1.807, 2.05) is 18.2 Å². The summed E-state index contributed by atoms with van der Waals surface area (Å²) in [5, 5.41) is 19.0. The summed E-state index contributed by atoms with van der Waals surface area (Å²) in [5.74, 6) is -4.31. The van der Waals surface area contributed by atoms with Crippen LogP contribution in [-0.4, -0.2) is 50.6 Å². The van der Waals surface area contributed by atoms with Crippen LogP contribution in [-0.2, 0) is 4.79 Å². The highest BCUT2D eigenvalue weighted by atomic mass is 16.4. The van der Waals surface area contributed by atoms with Crippen molar-refractivity contribution in [1.29, 1.82) is 0 Å². The molecule has 2 aromatic rings. The van der Waals surface area contributed by atoms with E-state index in [0.717, 1.165) is 5.56 Å². The van der Waals surface area contributed by atoms with Gasteiger partial charge in [0.2, 0.25) is 5.43 Å². The summed E-state index contributed by atoms with van der Waals surface area (Å²) in [4.78, 5) is 50.2. The van der Waals surface area contributed by atoms with Gasteiger partial charge >= 0.3 is 11.9 Å². The van der Waals surface area contributed by atoms with Crippen molar-refractivity contribution in [2.45, 2.75) is 25.8 Å². The Hall–Kier alpha value is -3.42. The molecule has 8 heteroatoms. The van der Waals surface area contributed by atoms with Gasteiger partial charge in [0.05, 0.1) is 5.92 Å². The molecule has 29 heavy (non-hydrogen) atoms. The van der Waals surface area contributed by atoms with E-state index < -0.39 is 40.7 Å². The van der Waals surface area contributed by atoms with Gasteiger partial charge in [-0.3, -0.25) is 14.4 Å². The van der Waals surface area contributed by atoms with E-state index in [2.05, 4.69) is 0 Å². The molecule has 0 radical (unpaired) electrons. The first kappa shape index (κ1) is 20.3. The van der Waals surface area contributed by atoms with Crippen LogP contribution in [0.2, 0.25) is 0 Å². The summed E-state index contributed by atoms with van der Waals surface area (Å²) < 4.78 is 1.50. The van der Waals surface area contributed by atoms with Crippen molar-refractivity contribution in [3.8, 4) is 0 Å². The highest BCUT2D eigenvalue weighted by Crippen LogP contribution is 2.33. The van der Waals surface area contributed by atoms with Gasteiger partial charge in [0.25, 0.3) is 5.91 Å². The third-order valence-corrected chi connectivity index (χ3v) is 5.25. The summed E-state index contributed by atoms with van der Waals surface area (Å²) in [6.45, 7) is 3.68. The maximum absolute atomic E-state index is 13.1. The Kier molecular flexibility index (Phi) is 5.54. The van der Waals surface area contributed by atoms with Gasteiger partial charge in [-0.05, 0) is 19.4 Å². The number of likely N-dealkylation sites (tertiary alicyclic amines) is 1. The lowest BCUT2D eigenvalue weighted by molar-refractivity contribution is -0.141. The average molecular weight is 398 g/mol. The van der Waals surface area contributed by atoms with E-state index in [4.69, 9.17) is 0 Å². The van der Waals surface area contributed by atoms with Crippen molar-refractivity contribution >= 4 is 17.8 Å². The topological polar surface area (TPSA) is 117 Å². The number of amides is 1. The second-order valence-corrected chi connectivity index (χ2v) is 7.43. The molecule has 1 aromatic carbocycles. The van der Waals surface area contributed by atoms with E-state index in [1.54, 1.807) is 26.0 Å². The van der Waals surface area contributed by atoms with Crippen molar-refractivity contribution < 1.29 is 24.6 Å². The summed E-state index contributed by atoms with van der Waals surface area (Å²) in [7, 11) is 0. The number of benzene rings is 1. The van der Waals surface area contributed by atoms with Crippen LogP contribution in [0.15, 0.2) is 47.5 Å². The van der Waals surface area contributed by atoms with Gasteiger partial charge in [-0.15, -0.1) is 0 Å². The van der Waals surface area contributed by atoms with E-state index in [9.17, 15) is 29.4 Å². The lowest BCUT2D eigenvalue weighted by Gasteiger charge is -2.19. The molecule has 2 N–H and O–H groups in total. The third-order valence-electron chi connectivity index (χ3n) is 5.25. The van der Waals surface area contributed by atoms with E-state index in [0.29, 0.717) is 0 Å². The molecule has 1 amide bonds. The number of nitrogens with zero attached hydrogens (tertiary/aromatic N) is 2. The van der Waals surface area contributed by atoms with Crippen LogP contribution < -0.4 is 5.43 Å². The van der Waals surface area contributed by atoms with Gasteiger partial charge < -0.3 is 19.7 Å². The van der Waals surface area contributed by atoms with Gasteiger partial charge in [-0.1, -0.05) is 30.3 Å². The minimum absolute atomic E-state index is 0.0495. The minimum atomic E-state index is -1.41. The second kappa shape index (κ2) is 7.90. The molecule has 2 heterocycles. The predicted molar refractivity (Wildman–Crippen MR) is 104 cm³/mol. The van der Waals surface area contributed by atoms with Crippen molar-refractivity contribution in [1.82, 2.24) is 9.47 Å². The molecule has 2 atom stereocenters. The highest BCUT2D eigenvalue weighted by Gasteiger charge is 2.41. The Morgan fingerprint density at radius 1 is 1.00 bits per heavy atom. The number of rotatable bonds is 5. The fraction of sp³-hybridized carbons (Fsp3) is 0.333.